The van der Waals surface area contributed by atoms with Crippen molar-refractivity contribution in [1.82, 2.24) is 10.0 Å². The van der Waals surface area contributed by atoms with Gasteiger partial charge >= 0.3 is 0 Å². The van der Waals surface area contributed by atoms with Gasteiger partial charge in [0.25, 0.3) is 11.6 Å². The Balaban J connectivity index is 2.14. The van der Waals surface area contributed by atoms with Gasteiger partial charge in [-0.15, -0.1) is 0 Å². The Morgan fingerprint density at radius 1 is 1.09 bits per heavy atom. The Bertz CT molecular complexity index is 777. The van der Waals surface area contributed by atoms with Crippen LogP contribution in [0.15, 0.2) is 48.5 Å². The zero-order valence-corrected chi connectivity index (χ0v) is 12.8. The number of nitrogens with one attached hydrogen (secondary N) is 1. The van der Waals surface area contributed by atoms with E-state index in [4.69, 9.17) is 0 Å². The van der Waals surface area contributed by atoms with E-state index < -0.39 is 11.1 Å². The highest BCUT2D eigenvalue weighted by Gasteiger charge is 2.33. The molecule has 118 valence electrons. The van der Waals surface area contributed by atoms with Gasteiger partial charge in [-0.25, -0.2) is 0 Å². The second-order valence-corrected chi connectivity index (χ2v) is 5.31. The van der Waals surface area contributed by atoms with Crippen LogP contribution in [-0.4, -0.2) is 34.9 Å². The maximum Gasteiger partial charge on any atom is 0.276 e. The summed E-state index contributed by atoms with van der Waals surface area (Å²) >= 11 is 0. The summed E-state index contributed by atoms with van der Waals surface area (Å²) in [5.41, 5.74) is 1.69. The molecule has 0 radical (unpaired) electrons. The number of carbonyl (C=O) groups excluding carboxylic acids is 1. The number of benzene rings is 2. The molecule has 2 aromatic rings. The molecule has 0 bridgehead atoms. The molecule has 1 N–H and O–H groups in total. The second-order valence-electron chi connectivity index (χ2n) is 5.31. The van der Waals surface area contributed by atoms with Gasteiger partial charge in [-0.2, -0.15) is 5.01 Å². The van der Waals surface area contributed by atoms with Gasteiger partial charge < -0.3 is 5.32 Å². The fraction of sp³-hybridized carbons (Fsp3) is 0.188. The number of carbonyl (C=O) groups is 1. The fourth-order valence-corrected chi connectivity index (χ4v) is 2.69. The Kier molecular flexibility index (Phi) is 3.71. The SMILES string of the molecule is CN1C(=O)c2ccccc2NC(c2ccccc2[N+](=O)[O-])N1C. The van der Waals surface area contributed by atoms with Crippen LogP contribution in [0, 0.1) is 10.1 Å². The quantitative estimate of drug-likeness (QED) is 0.681. The number of nitro benzene ring substituents is 1. The molecule has 2 aromatic carbocycles. The standard InChI is InChI=1S/C16H16N4O3/c1-18-15(12-8-4-6-10-14(12)20(22)23)17-13-9-5-3-7-11(13)16(21)19(18)2/h3-10,15,17H,1-2H3. The average Bonchev–Trinajstić information content (AvgIpc) is 2.66. The molecule has 1 amide bonds. The summed E-state index contributed by atoms with van der Waals surface area (Å²) in [5, 5.41) is 17.7. The molecule has 1 aliphatic heterocycles. The van der Waals surface area contributed by atoms with E-state index in [9.17, 15) is 14.9 Å². The Hall–Kier alpha value is -2.93. The third-order valence-electron chi connectivity index (χ3n) is 4.02. The van der Waals surface area contributed by atoms with Crippen LogP contribution in [0.25, 0.3) is 0 Å². The fourth-order valence-electron chi connectivity index (χ4n) is 2.69. The summed E-state index contributed by atoms with van der Waals surface area (Å²) in [4.78, 5) is 23.5. The highest BCUT2D eigenvalue weighted by atomic mass is 16.6. The van der Waals surface area contributed by atoms with Crippen molar-refractivity contribution in [2.45, 2.75) is 6.17 Å². The van der Waals surface area contributed by atoms with E-state index in [2.05, 4.69) is 5.32 Å². The van der Waals surface area contributed by atoms with E-state index in [-0.39, 0.29) is 11.6 Å². The van der Waals surface area contributed by atoms with Crippen LogP contribution in [0.1, 0.15) is 22.1 Å². The van der Waals surface area contributed by atoms with Gasteiger partial charge in [0.15, 0.2) is 0 Å². The Morgan fingerprint density at radius 2 is 1.74 bits per heavy atom. The molecule has 0 fully saturated rings. The molecule has 7 heteroatoms. The number of hydrogen-bond acceptors (Lipinski definition) is 5. The van der Waals surface area contributed by atoms with Gasteiger partial charge in [-0.1, -0.05) is 24.3 Å². The first kappa shape index (κ1) is 15.0. The summed E-state index contributed by atoms with van der Waals surface area (Å²) in [6.45, 7) is 0. The molecular formula is C16H16N4O3. The number of nitrogens with zero attached hydrogens (tertiary/aromatic N) is 3. The van der Waals surface area contributed by atoms with Crippen molar-refractivity contribution in [3.8, 4) is 0 Å². The van der Waals surface area contributed by atoms with Gasteiger partial charge in [0.2, 0.25) is 0 Å². The van der Waals surface area contributed by atoms with Gasteiger partial charge in [0.1, 0.15) is 6.17 Å². The van der Waals surface area contributed by atoms with Crippen LogP contribution in [-0.2, 0) is 0 Å². The molecular weight excluding hydrogens is 296 g/mol. The maximum absolute atomic E-state index is 12.6. The first-order valence-corrected chi connectivity index (χ1v) is 7.10. The monoisotopic (exact) mass is 312 g/mol. The number of rotatable bonds is 2. The van der Waals surface area contributed by atoms with Crippen molar-refractivity contribution >= 4 is 17.3 Å². The zero-order chi connectivity index (χ0) is 16.6. The minimum atomic E-state index is -0.533. The van der Waals surface area contributed by atoms with Crippen LogP contribution in [0.5, 0.6) is 0 Å². The molecule has 0 spiro atoms. The zero-order valence-electron chi connectivity index (χ0n) is 12.8. The largest absolute Gasteiger partial charge is 0.364 e. The van der Waals surface area contributed by atoms with Crippen molar-refractivity contribution in [1.29, 1.82) is 0 Å². The van der Waals surface area contributed by atoms with Gasteiger partial charge in [-0.05, 0) is 18.2 Å². The number of para-hydroxylation sites is 2. The van der Waals surface area contributed by atoms with Crippen molar-refractivity contribution in [2.75, 3.05) is 19.4 Å². The number of amides is 1. The molecule has 0 aliphatic carbocycles. The molecule has 0 saturated heterocycles. The topological polar surface area (TPSA) is 78.7 Å². The van der Waals surface area contributed by atoms with E-state index >= 15 is 0 Å². The smallest absolute Gasteiger partial charge is 0.276 e. The van der Waals surface area contributed by atoms with Crippen LogP contribution < -0.4 is 5.32 Å². The molecule has 0 saturated carbocycles. The lowest BCUT2D eigenvalue weighted by Crippen LogP contribution is -2.43. The Labute approximate surface area is 133 Å². The Morgan fingerprint density at radius 3 is 2.48 bits per heavy atom. The molecule has 1 aliphatic rings. The van der Waals surface area contributed by atoms with Crippen LogP contribution in [0.4, 0.5) is 11.4 Å². The predicted molar refractivity (Wildman–Crippen MR) is 85.8 cm³/mol. The van der Waals surface area contributed by atoms with E-state index in [1.54, 1.807) is 55.5 Å². The molecule has 1 heterocycles. The number of fused-ring (bicyclic) bond motifs is 1. The van der Waals surface area contributed by atoms with E-state index in [1.165, 1.54) is 11.1 Å². The molecule has 0 aromatic heterocycles. The van der Waals surface area contributed by atoms with Gasteiger partial charge in [0.05, 0.1) is 16.1 Å². The first-order chi connectivity index (χ1) is 11.0. The predicted octanol–water partition coefficient (Wildman–Crippen LogP) is 2.64. The highest BCUT2D eigenvalue weighted by Crippen LogP contribution is 2.34. The van der Waals surface area contributed by atoms with Crippen LogP contribution in [0.3, 0.4) is 0 Å². The normalized spacial score (nSPS) is 18.1. The molecule has 23 heavy (non-hydrogen) atoms. The summed E-state index contributed by atoms with van der Waals surface area (Å²) in [6.07, 6.45) is -0.533. The van der Waals surface area contributed by atoms with Crippen molar-refractivity contribution in [2.24, 2.45) is 0 Å². The van der Waals surface area contributed by atoms with E-state index in [0.29, 0.717) is 16.8 Å². The van der Waals surface area contributed by atoms with Gasteiger partial charge in [0, 0.05) is 25.8 Å². The summed E-state index contributed by atoms with van der Waals surface area (Å²) in [6, 6.07) is 13.7. The van der Waals surface area contributed by atoms with E-state index in [0.717, 1.165) is 0 Å². The lowest BCUT2D eigenvalue weighted by molar-refractivity contribution is -0.386. The molecule has 1 atom stereocenters. The van der Waals surface area contributed by atoms with Crippen LogP contribution in [0.2, 0.25) is 0 Å². The minimum absolute atomic E-state index is 0.0112. The summed E-state index contributed by atoms with van der Waals surface area (Å²) in [7, 11) is 3.37. The average molecular weight is 312 g/mol. The second kappa shape index (κ2) is 5.69. The summed E-state index contributed by atoms with van der Waals surface area (Å²) < 4.78 is 0. The van der Waals surface area contributed by atoms with E-state index in [1.807, 2.05) is 6.07 Å². The third-order valence-corrected chi connectivity index (χ3v) is 4.02. The van der Waals surface area contributed by atoms with Crippen molar-refractivity contribution < 1.29 is 9.72 Å². The lowest BCUT2D eigenvalue weighted by atomic mass is 10.1. The molecule has 3 rings (SSSR count). The number of hydrogen-bond donors (Lipinski definition) is 1. The number of hydrazine groups is 1. The van der Waals surface area contributed by atoms with Crippen LogP contribution >= 0.6 is 0 Å². The van der Waals surface area contributed by atoms with Gasteiger partial charge in [-0.3, -0.25) is 19.9 Å². The van der Waals surface area contributed by atoms with Crippen molar-refractivity contribution in [3.63, 3.8) is 0 Å². The lowest BCUT2D eigenvalue weighted by Gasteiger charge is -2.33. The number of nitro groups is 1. The minimum Gasteiger partial charge on any atom is -0.364 e. The first-order valence-electron chi connectivity index (χ1n) is 7.10. The molecule has 7 nitrogen and oxygen atoms in total. The third kappa shape index (κ3) is 2.51. The van der Waals surface area contributed by atoms with Crippen molar-refractivity contribution in [3.05, 3.63) is 69.8 Å². The summed E-state index contributed by atoms with van der Waals surface area (Å²) in [5.74, 6) is -0.170. The maximum atomic E-state index is 12.6. The highest BCUT2D eigenvalue weighted by molar-refractivity contribution is 5.99. The number of anilines is 1. The molecule has 1 unspecified atom stereocenters.